The van der Waals surface area contributed by atoms with E-state index in [9.17, 15) is 0 Å². The van der Waals surface area contributed by atoms with Gasteiger partial charge in [0.05, 0.1) is 11.2 Å². The van der Waals surface area contributed by atoms with E-state index in [-0.39, 0.29) is 18.3 Å². The molecule has 0 aliphatic carbocycles. The van der Waals surface area contributed by atoms with Crippen LogP contribution in [0, 0.1) is 0 Å². The Morgan fingerprint density at radius 2 is 1.55 bits per heavy atom. The van der Waals surface area contributed by atoms with E-state index >= 15 is 0 Å². The van der Waals surface area contributed by atoms with Gasteiger partial charge >= 0.3 is 7.12 Å². The number of hydrogen-bond donors (Lipinski definition) is 1. The van der Waals surface area contributed by atoms with Gasteiger partial charge in [-0.05, 0) is 43.3 Å². The summed E-state index contributed by atoms with van der Waals surface area (Å²) >= 11 is 0. The smallest absolute Gasteiger partial charge is 0.399 e. The molecule has 2 heterocycles. The van der Waals surface area contributed by atoms with Crippen molar-refractivity contribution in [1.82, 2.24) is 4.98 Å². The van der Waals surface area contributed by atoms with Gasteiger partial charge in [0.1, 0.15) is 5.82 Å². The van der Waals surface area contributed by atoms with Crippen LogP contribution in [0.25, 0.3) is 0 Å². The maximum atomic E-state index is 6.38. The van der Waals surface area contributed by atoms with Crippen LogP contribution in [0.1, 0.15) is 53.4 Å². The van der Waals surface area contributed by atoms with Gasteiger partial charge in [0.25, 0.3) is 0 Å². The van der Waals surface area contributed by atoms with Gasteiger partial charge in [0.2, 0.25) is 0 Å². The molecule has 1 saturated heterocycles. The van der Waals surface area contributed by atoms with Crippen LogP contribution < -0.4 is 11.2 Å². The Labute approximate surface area is 122 Å². The van der Waals surface area contributed by atoms with E-state index in [4.69, 9.17) is 15.0 Å². The molecule has 0 unspecified atom stereocenters. The minimum absolute atomic E-state index is 0.223. The zero-order valence-electron chi connectivity index (χ0n) is 13.0. The minimum atomic E-state index is -0.347. The summed E-state index contributed by atoms with van der Waals surface area (Å²) in [5, 5.41) is 0. The summed E-state index contributed by atoms with van der Waals surface area (Å²) in [7, 11) is -0.347. The van der Waals surface area contributed by atoms with Crippen LogP contribution in [-0.4, -0.2) is 23.3 Å². The fourth-order valence-corrected chi connectivity index (χ4v) is 3.52. The molecule has 1 aromatic heterocycles. The Balaban J connectivity index is 2.37. The van der Waals surface area contributed by atoms with Crippen LogP contribution in [0.15, 0.2) is 18.3 Å². The Morgan fingerprint density at radius 1 is 1.05 bits per heavy atom. The van der Waals surface area contributed by atoms with Crippen LogP contribution >= 0.6 is 0 Å². The van der Waals surface area contributed by atoms with Crippen molar-refractivity contribution in [1.29, 1.82) is 0 Å². The highest BCUT2D eigenvalue weighted by molar-refractivity contribution is 6.62. The van der Waals surface area contributed by atoms with Crippen LogP contribution in [-0.2, 0) is 9.31 Å². The lowest BCUT2D eigenvalue weighted by Gasteiger charge is -2.42. The summed E-state index contributed by atoms with van der Waals surface area (Å²) < 4.78 is 12.8. The molecule has 1 aliphatic rings. The largest absolute Gasteiger partial charge is 0.495 e. The second-order valence-electron chi connectivity index (χ2n) is 5.48. The number of rotatable bonds is 5. The molecule has 1 aliphatic heterocycles. The molecule has 20 heavy (non-hydrogen) atoms. The zero-order chi connectivity index (χ0) is 14.8. The van der Waals surface area contributed by atoms with Crippen molar-refractivity contribution in [3.8, 4) is 0 Å². The first-order valence-electron chi connectivity index (χ1n) is 7.63. The number of pyridine rings is 1. The van der Waals surface area contributed by atoms with Crippen molar-refractivity contribution < 1.29 is 9.31 Å². The molecule has 2 N–H and O–H groups in total. The highest BCUT2D eigenvalue weighted by Crippen LogP contribution is 2.46. The molecule has 2 rings (SSSR count). The Kier molecular flexibility index (Phi) is 4.40. The number of aromatic nitrogens is 1. The number of hydrogen-bond acceptors (Lipinski definition) is 4. The molecule has 0 atom stereocenters. The number of nitrogens with zero attached hydrogens (tertiary/aromatic N) is 1. The van der Waals surface area contributed by atoms with E-state index in [1.165, 1.54) is 0 Å². The van der Waals surface area contributed by atoms with Gasteiger partial charge in [-0.1, -0.05) is 27.7 Å². The van der Waals surface area contributed by atoms with Crippen molar-refractivity contribution in [3.63, 3.8) is 0 Å². The first-order chi connectivity index (χ1) is 9.56. The third kappa shape index (κ3) is 2.23. The molecule has 0 spiro atoms. The summed E-state index contributed by atoms with van der Waals surface area (Å²) in [5.74, 6) is 0.499. The monoisotopic (exact) mass is 276 g/mol. The number of nitrogens with two attached hydrogens (primary N) is 1. The molecule has 1 aromatic rings. The van der Waals surface area contributed by atoms with E-state index < -0.39 is 0 Å². The first kappa shape index (κ1) is 15.3. The Hall–Kier alpha value is -1.07. The summed E-state index contributed by atoms with van der Waals surface area (Å²) in [6.45, 7) is 8.71. The summed E-state index contributed by atoms with van der Waals surface area (Å²) in [5.41, 5.74) is 6.27. The van der Waals surface area contributed by atoms with Gasteiger partial charge < -0.3 is 15.0 Å². The fourth-order valence-electron chi connectivity index (χ4n) is 3.52. The second-order valence-corrected chi connectivity index (χ2v) is 5.48. The summed E-state index contributed by atoms with van der Waals surface area (Å²) in [6.07, 6.45) is 5.49. The maximum Gasteiger partial charge on any atom is 0.495 e. The molecule has 0 amide bonds. The molecule has 0 aromatic carbocycles. The second kappa shape index (κ2) is 5.74. The van der Waals surface area contributed by atoms with Gasteiger partial charge in [0, 0.05) is 6.20 Å². The molecule has 0 bridgehead atoms. The molecule has 5 heteroatoms. The van der Waals surface area contributed by atoms with E-state index in [0.29, 0.717) is 5.82 Å². The van der Waals surface area contributed by atoms with Crippen molar-refractivity contribution in [2.75, 3.05) is 5.73 Å². The van der Waals surface area contributed by atoms with E-state index in [2.05, 4.69) is 32.7 Å². The molecule has 0 radical (unpaired) electrons. The highest BCUT2D eigenvalue weighted by Gasteiger charge is 2.58. The molecular weight excluding hydrogens is 251 g/mol. The van der Waals surface area contributed by atoms with Crippen molar-refractivity contribution in [2.45, 2.75) is 64.6 Å². The summed E-state index contributed by atoms with van der Waals surface area (Å²) in [6, 6.07) is 3.75. The average molecular weight is 276 g/mol. The van der Waals surface area contributed by atoms with Crippen LogP contribution in [0.2, 0.25) is 0 Å². The van der Waals surface area contributed by atoms with Crippen LogP contribution in [0.3, 0.4) is 0 Å². The maximum absolute atomic E-state index is 6.38. The minimum Gasteiger partial charge on any atom is -0.399 e. The molecule has 4 nitrogen and oxygen atoms in total. The molecule has 110 valence electrons. The lowest BCUT2D eigenvalue weighted by atomic mass is 9.75. The highest BCUT2D eigenvalue weighted by atomic mass is 16.7. The normalized spacial score (nSPS) is 20.3. The number of anilines is 1. The first-order valence-corrected chi connectivity index (χ1v) is 7.63. The third-order valence-corrected chi connectivity index (χ3v) is 4.86. The topological polar surface area (TPSA) is 57.4 Å². The average Bonchev–Trinajstić information content (AvgIpc) is 2.83. The van der Waals surface area contributed by atoms with Gasteiger partial charge in [-0.15, -0.1) is 0 Å². The molecule has 0 saturated carbocycles. The van der Waals surface area contributed by atoms with Gasteiger partial charge in [-0.25, -0.2) is 4.98 Å². The summed E-state index contributed by atoms with van der Waals surface area (Å²) in [4.78, 5) is 4.03. The number of nitrogen functional groups attached to an aromatic ring is 1. The standard InChI is InChI=1S/C15H25BN2O2/c1-5-14(6-2)15(7-3,8-4)20-16(19-14)12-9-10-18-13(17)11-12/h9-11H,5-8H2,1-4H3,(H2,17,18). The SMILES string of the molecule is CCC1(CC)OB(c2ccnc(N)c2)OC1(CC)CC. The van der Waals surface area contributed by atoms with Crippen molar-refractivity contribution in [3.05, 3.63) is 18.3 Å². The zero-order valence-corrected chi connectivity index (χ0v) is 13.0. The van der Waals surface area contributed by atoms with E-state index in [0.717, 1.165) is 31.1 Å². The van der Waals surface area contributed by atoms with Gasteiger partial charge in [0.15, 0.2) is 0 Å². The van der Waals surface area contributed by atoms with Crippen LogP contribution in [0.4, 0.5) is 5.82 Å². The third-order valence-electron chi connectivity index (χ3n) is 4.86. The van der Waals surface area contributed by atoms with E-state index in [1.807, 2.05) is 12.1 Å². The fraction of sp³-hybridized carbons (Fsp3) is 0.667. The van der Waals surface area contributed by atoms with Gasteiger partial charge in [-0.2, -0.15) is 0 Å². The quantitative estimate of drug-likeness (QED) is 0.839. The lowest BCUT2D eigenvalue weighted by Crippen LogP contribution is -2.50. The Bertz CT molecular complexity index is 439. The van der Waals surface area contributed by atoms with Gasteiger partial charge in [-0.3, -0.25) is 0 Å². The molecular formula is C15H25BN2O2. The van der Waals surface area contributed by atoms with Crippen molar-refractivity contribution in [2.24, 2.45) is 0 Å². The lowest BCUT2D eigenvalue weighted by molar-refractivity contribution is -0.0601. The predicted molar refractivity (Wildman–Crippen MR) is 82.8 cm³/mol. The van der Waals surface area contributed by atoms with E-state index in [1.54, 1.807) is 6.20 Å². The molecule has 1 fully saturated rings. The van der Waals surface area contributed by atoms with Crippen molar-refractivity contribution >= 4 is 18.4 Å². The van der Waals surface area contributed by atoms with Crippen LogP contribution in [0.5, 0.6) is 0 Å². The predicted octanol–water partition coefficient (Wildman–Crippen LogP) is 2.52. The Morgan fingerprint density at radius 3 is 1.95 bits per heavy atom.